The van der Waals surface area contributed by atoms with Gasteiger partial charge in [-0.25, -0.2) is 13.2 Å². The van der Waals surface area contributed by atoms with Crippen molar-refractivity contribution in [1.29, 1.82) is 0 Å². The van der Waals surface area contributed by atoms with Gasteiger partial charge in [-0.1, -0.05) is 6.07 Å². The van der Waals surface area contributed by atoms with Gasteiger partial charge in [0.05, 0.1) is 12.8 Å². The Bertz CT molecular complexity index is 632. The van der Waals surface area contributed by atoms with Crippen LogP contribution in [0.15, 0.2) is 30.3 Å². The molecule has 0 unspecified atom stereocenters. The first-order valence-electron chi connectivity index (χ1n) is 5.75. The molecular weight excluding hydrogens is 271 g/mol. The first-order valence-corrected chi connectivity index (χ1v) is 5.75. The molecule has 106 valence electrons. The first kappa shape index (κ1) is 14.0. The highest BCUT2D eigenvalue weighted by molar-refractivity contribution is 5.47. The van der Waals surface area contributed by atoms with Gasteiger partial charge in [-0.2, -0.15) is 0 Å². The van der Waals surface area contributed by atoms with Crippen molar-refractivity contribution in [3.63, 3.8) is 0 Å². The molecule has 0 aliphatic rings. The summed E-state index contributed by atoms with van der Waals surface area (Å²) in [7, 11) is 1.41. The van der Waals surface area contributed by atoms with Gasteiger partial charge >= 0.3 is 0 Å². The number of anilines is 1. The normalized spacial score (nSPS) is 10.4. The summed E-state index contributed by atoms with van der Waals surface area (Å²) in [4.78, 5) is 0. The van der Waals surface area contributed by atoms with E-state index in [0.717, 1.165) is 6.07 Å². The van der Waals surface area contributed by atoms with Crippen molar-refractivity contribution in [1.82, 2.24) is 0 Å². The topological polar surface area (TPSA) is 41.5 Å². The van der Waals surface area contributed by atoms with Gasteiger partial charge in [0.15, 0.2) is 23.1 Å². The van der Waals surface area contributed by atoms with E-state index >= 15 is 0 Å². The Labute approximate surface area is 113 Å². The Morgan fingerprint density at radius 3 is 2.55 bits per heavy atom. The summed E-state index contributed by atoms with van der Waals surface area (Å²) in [5.74, 6) is -3.05. The fourth-order valence-electron chi connectivity index (χ4n) is 1.73. The molecular formula is C14H12F3NO2. The third-order valence-corrected chi connectivity index (χ3v) is 2.72. The molecule has 0 heterocycles. The number of halogens is 3. The predicted molar refractivity (Wildman–Crippen MR) is 68.3 cm³/mol. The van der Waals surface area contributed by atoms with Crippen LogP contribution < -0.4 is 10.1 Å². The standard InChI is InChI=1S/C14H12F3NO2/c1-20-13-3-2-8(4-12(13)19)7-18-11-6-9(15)5-10(16)14(11)17/h2-6,18-19H,7H2,1H3. The van der Waals surface area contributed by atoms with Crippen molar-refractivity contribution in [2.75, 3.05) is 12.4 Å². The summed E-state index contributed by atoms with van der Waals surface area (Å²) in [5.41, 5.74) is 0.324. The quantitative estimate of drug-likeness (QED) is 0.845. The lowest BCUT2D eigenvalue weighted by atomic mass is 10.2. The zero-order valence-corrected chi connectivity index (χ0v) is 10.6. The van der Waals surface area contributed by atoms with Crippen LogP contribution in [0.5, 0.6) is 11.5 Å². The molecule has 2 aromatic rings. The number of rotatable bonds is 4. The van der Waals surface area contributed by atoms with Crippen LogP contribution >= 0.6 is 0 Å². The highest BCUT2D eigenvalue weighted by Gasteiger charge is 2.11. The van der Waals surface area contributed by atoms with Gasteiger partial charge in [0.25, 0.3) is 0 Å². The van der Waals surface area contributed by atoms with E-state index in [1.165, 1.54) is 19.2 Å². The smallest absolute Gasteiger partial charge is 0.182 e. The van der Waals surface area contributed by atoms with Gasteiger partial charge in [0.1, 0.15) is 5.82 Å². The van der Waals surface area contributed by atoms with Gasteiger partial charge < -0.3 is 15.2 Å². The van der Waals surface area contributed by atoms with E-state index in [2.05, 4.69) is 5.32 Å². The van der Waals surface area contributed by atoms with Crippen molar-refractivity contribution in [2.24, 2.45) is 0 Å². The largest absolute Gasteiger partial charge is 0.504 e. The number of benzene rings is 2. The van der Waals surface area contributed by atoms with Crippen LogP contribution in [0, 0.1) is 17.5 Å². The van der Waals surface area contributed by atoms with Crippen LogP contribution in [0.1, 0.15) is 5.56 Å². The van der Waals surface area contributed by atoms with Crippen molar-refractivity contribution < 1.29 is 23.0 Å². The van der Waals surface area contributed by atoms with E-state index in [0.29, 0.717) is 17.4 Å². The number of methoxy groups -OCH3 is 1. The summed E-state index contributed by atoms with van der Waals surface area (Å²) >= 11 is 0. The number of hydrogen-bond donors (Lipinski definition) is 2. The molecule has 0 saturated carbocycles. The summed E-state index contributed by atoms with van der Waals surface area (Å²) in [6, 6.07) is 5.93. The molecule has 3 nitrogen and oxygen atoms in total. The molecule has 0 amide bonds. The maximum absolute atomic E-state index is 13.4. The molecule has 0 aliphatic heterocycles. The van der Waals surface area contributed by atoms with Crippen molar-refractivity contribution in [2.45, 2.75) is 6.54 Å². The Morgan fingerprint density at radius 1 is 1.15 bits per heavy atom. The minimum absolute atomic E-state index is 0.0716. The van der Waals surface area contributed by atoms with Crippen molar-refractivity contribution in [3.05, 3.63) is 53.3 Å². The van der Waals surface area contributed by atoms with Gasteiger partial charge in [-0.3, -0.25) is 0 Å². The lowest BCUT2D eigenvalue weighted by Crippen LogP contribution is -2.03. The van der Waals surface area contributed by atoms with E-state index < -0.39 is 17.5 Å². The third-order valence-electron chi connectivity index (χ3n) is 2.72. The molecule has 0 saturated heterocycles. The predicted octanol–water partition coefficient (Wildman–Crippen LogP) is 3.43. The van der Waals surface area contributed by atoms with Gasteiger partial charge in [0.2, 0.25) is 0 Å². The second kappa shape index (κ2) is 5.73. The lowest BCUT2D eigenvalue weighted by Gasteiger charge is -2.10. The first-order chi connectivity index (χ1) is 9.51. The summed E-state index contributed by atoms with van der Waals surface area (Å²) in [5, 5.41) is 12.2. The number of phenols is 1. The van der Waals surface area contributed by atoms with E-state index in [-0.39, 0.29) is 18.0 Å². The number of phenolic OH excluding ortho intramolecular Hbond substituents is 1. The molecule has 20 heavy (non-hydrogen) atoms. The number of aromatic hydroxyl groups is 1. The minimum atomic E-state index is -1.26. The van der Waals surface area contributed by atoms with Crippen molar-refractivity contribution in [3.8, 4) is 11.5 Å². The van der Waals surface area contributed by atoms with Gasteiger partial charge in [0, 0.05) is 18.7 Å². The maximum atomic E-state index is 13.4. The van der Waals surface area contributed by atoms with Gasteiger partial charge in [-0.05, 0) is 17.7 Å². The zero-order chi connectivity index (χ0) is 14.7. The van der Waals surface area contributed by atoms with Crippen molar-refractivity contribution >= 4 is 5.69 Å². The third kappa shape index (κ3) is 2.96. The Balaban J connectivity index is 2.15. The van der Waals surface area contributed by atoms with Crippen LogP contribution in [-0.2, 0) is 6.54 Å². The minimum Gasteiger partial charge on any atom is -0.504 e. The molecule has 6 heteroatoms. The number of ether oxygens (including phenoxy) is 1. The van der Waals surface area contributed by atoms with E-state index in [1.807, 2.05) is 0 Å². The monoisotopic (exact) mass is 283 g/mol. The summed E-state index contributed by atoms with van der Waals surface area (Å²) in [6.45, 7) is 0.0946. The van der Waals surface area contributed by atoms with Crippen LogP contribution in [0.2, 0.25) is 0 Å². The molecule has 0 atom stereocenters. The average molecular weight is 283 g/mol. The number of hydrogen-bond acceptors (Lipinski definition) is 3. The van der Waals surface area contributed by atoms with E-state index in [1.54, 1.807) is 6.07 Å². The van der Waals surface area contributed by atoms with Gasteiger partial charge in [-0.15, -0.1) is 0 Å². The maximum Gasteiger partial charge on any atom is 0.182 e. The second-order valence-electron chi connectivity index (χ2n) is 4.11. The fourth-order valence-corrected chi connectivity index (χ4v) is 1.73. The average Bonchev–Trinajstić information content (AvgIpc) is 2.41. The van der Waals surface area contributed by atoms with Crippen LogP contribution in [-0.4, -0.2) is 12.2 Å². The molecule has 0 aromatic heterocycles. The van der Waals surface area contributed by atoms with Crippen LogP contribution in [0.3, 0.4) is 0 Å². The van der Waals surface area contributed by atoms with E-state index in [4.69, 9.17) is 4.74 Å². The second-order valence-corrected chi connectivity index (χ2v) is 4.11. The highest BCUT2D eigenvalue weighted by Crippen LogP contribution is 2.27. The molecule has 0 aliphatic carbocycles. The summed E-state index contributed by atoms with van der Waals surface area (Å²) < 4.78 is 44.3. The Morgan fingerprint density at radius 2 is 1.90 bits per heavy atom. The lowest BCUT2D eigenvalue weighted by molar-refractivity contribution is 0.373. The molecule has 0 fully saturated rings. The highest BCUT2D eigenvalue weighted by atomic mass is 19.2. The molecule has 2 aromatic carbocycles. The molecule has 0 spiro atoms. The van der Waals surface area contributed by atoms with E-state index in [9.17, 15) is 18.3 Å². The fraction of sp³-hybridized carbons (Fsp3) is 0.143. The number of nitrogens with one attached hydrogen (secondary N) is 1. The zero-order valence-electron chi connectivity index (χ0n) is 10.6. The Hall–Kier alpha value is -2.37. The Kier molecular flexibility index (Phi) is 4.02. The van der Waals surface area contributed by atoms with Crippen LogP contribution in [0.4, 0.5) is 18.9 Å². The molecule has 2 N–H and O–H groups in total. The van der Waals surface area contributed by atoms with Crippen LogP contribution in [0.25, 0.3) is 0 Å². The molecule has 0 bridgehead atoms. The molecule has 0 radical (unpaired) electrons. The molecule has 2 rings (SSSR count). The SMILES string of the molecule is COc1ccc(CNc2cc(F)cc(F)c2F)cc1O. The summed E-state index contributed by atoms with van der Waals surface area (Å²) in [6.07, 6.45) is 0.